The van der Waals surface area contributed by atoms with Crippen LogP contribution in [-0.2, 0) is 4.74 Å². The van der Waals surface area contributed by atoms with Crippen molar-refractivity contribution in [3.8, 4) is 11.5 Å². The molecule has 5 atom stereocenters. The van der Waals surface area contributed by atoms with Crippen molar-refractivity contribution in [2.45, 2.75) is 89.0 Å². The highest BCUT2D eigenvalue weighted by atomic mass is 16.6. The molecule has 8 rings (SSSR count). The summed E-state index contributed by atoms with van der Waals surface area (Å²) in [6.45, 7) is 6.52. The maximum absolute atomic E-state index is 13.1. The molecule has 0 radical (unpaired) electrons. The molecule has 5 fully saturated rings. The summed E-state index contributed by atoms with van der Waals surface area (Å²) >= 11 is 0. The Hall–Kier alpha value is -3.67. The first-order chi connectivity index (χ1) is 20.0. The van der Waals surface area contributed by atoms with Crippen LogP contribution in [0.3, 0.4) is 0 Å². The van der Waals surface area contributed by atoms with E-state index in [4.69, 9.17) is 9.26 Å². The topological polar surface area (TPSA) is 158 Å². The number of ether oxygens (including phenoxy) is 1. The number of H-pyrrole nitrogens is 1. The van der Waals surface area contributed by atoms with Gasteiger partial charge >= 0.3 is 6.09 Å². The van der Waals surface area contributed by atoms with Gasteiger partial charge in [0.05, 0.1) is 16.9 Å². The van der Waals surface area contributed by atoms with E-state index in [9.17, 15) is 14.7 Å². The van der Waals surface area contributed by atoms with E-state index in [1.165, 1.54) is 0 Å². The van der Waals surface area contributed by atoms with E-state index in [2.05, 4.69) is 30.7 Å². The lowest BCUT2D eigenvalue weighted by Gasteiger charge is -2.58. The Kier molecular flexibility index (Phi) is 6.45. The standard InChI is InChI=1S/C30H39N7O5/c1-29(2,3)41-28(39)37-8-5-19(6-9-37)33-26(38)25-35-27(42-36-25)21-15-32-24-20(4-7-31-24)23(21)34-22-17-10-16-11-18(22)14-30(40,12-16)13-17/h4,7,15-19,22,40H,5-6,8-14H2,1-3H3,(H,33,38)(H2,31,32,34)/t16?,17-,18+,22+,30-. The molecule has 3 aromatic heterocycles. The number of nitrogens with zero attached hydrogens (tertiary/aromatic N) is 4. The fraction of sp³-hybridized carbons (Fsp3) is 0.633. The zero-order valence-corrected chi connectivity index (χ0v) is 24.4. The van der Waals surface area contributed by atoms with Crippen LogP contribution in [0.25, 0.3) is 22.5 Å². The number of likely N-dealkylation sites (tertiary alicyclic amines) is 1. The maximum atomic E-state index is 13.1. The van der Waals surface area contributed by atoms with Crippen molar-refractivity contribution >= 4 is 28.7 Å². The van der Waals surface area contributed by atoms with Gasteiger partial charge in [-0.2, -0.15) is 4.98 Å². The van der Waals surface area contributed by atoms with Gasteiger partial charge in [0.25, 0.3) is 17.6 Å². The van der Waals surface area contributed by atoms with Crippen molar-refractivity contribution in [2.75, 3.05) is 18.4 Å². The monoisotopic (exact) mass is 577 g/mol. The molecule has 1 saturated heterocycles. The van der Waals surface area contributed by atoms with E-state index in [1.54, 1.807) is 11.1 Å². The summed E-state index contributed by atoms with van der Waals surface area (Å²) in [5, 5.41) is 22.8. The van der Waals surface area contributed by atoms with Gasteiger partial charge in [-0.1, -0.05) is 5.16 Å². The predicted octanol–water partition coefficient (Wildman–Crippen LogP) is 4.09. The third-order valence-corrected chi connectivity index (χ3v) is 9.48. The fourth-order valence-electron chi connectivity index (χ4n) is 7.92. The summed E-state index contributed by atoms with van der Waals surface area (Å²) in [7, 11) is 0. The number of piperidine rings is 1. The van der Waals surface area contributed by atoms with Crippen LogP contribution >= 0.6 is 0 Å². The number of anilines is 1. The summed E-state index contributed by atoms with van der Waals surface area (Å²) in [6, 6.07) is 2.10. The van der Waals surface area contributed by atoms with Crippen molar-refractivity contribution in [3.63, 3.8) is 0 Å². The number of nitrogens with one attached hydrogen (secondary N) is 3. The number of carbonyl (C=O) groups is 2. The lowest BCUT2D eigenvalue weighted by Crippen LogP contribution is -2.59. The Morgan fingerprint density at radius 3 is 2.60 bits per heavy atom. The first kappa shape index (κ1) is 27.2. The molecule has 2 amide bonds. The van der Waals surface area contributed by atoms with Gasteiger partial charge in [-0.15, -0.1) is 0 Å². The molecule has 4 saturated carbocycles. The summed E-state index contributed by atoms with van der Waals surface area (Å²) in [4.78, 5) is 39.3. The minimum absolute atomic E-state index is 0.0449. The highest BCUT2D eigenvalue weighted by Gasteiger charge is 2.54. The minimum atomic E-state index is -0.549. The van der Waals surface area contributed by atoms with Crippen LogP contribution in [0.5, 0.6) is 0 Å². The Balaban J connectivity index is 1.06. The van der Waals surface area contributed by atoms with Crippen molar-refractivity contribution in [3.05, 3.63) is 24.3 Å². The second-order valence-corrected chi connectivity index (χ2v) is 13.8. The summed E-state index contributed by atoms with van der Waals surface area (Å²) in [5.74, 6) is 1.18. The minimum Gasteiger partial charge on any atom is -0.444 e. The van der Waals surface area contributed by atoms with Crippen LogP contribution in [0.4, 0.5) is 10.5 Å². The molecule has 4 heterocycles. The number of aromatic amines is 1. The molecule has 1 unspecified atom stereocenters. The number of pyridine rings is 1. The number of rotatable bonds is 5. The van der Waals surface area contributed by atoms with Crippen molar-refractivity contribution < 1.29 is 24.0 Å². The van der Waals surface area contributed by atoms with Gasteiger partial charge in [0, 0.05) is 43.0 Å². The van der Waals surface area contributed by atoms with E-state index in [1.807, 2.05) is 33.0 Å². The zero-order chi connectivity index (χ0) is 29.2. The summed E-state index contributed by atoms with van der Waals surface area (Å²) in [5.41, 5.74) is 1.19. The average Bonchev–Trinajstić information content (AvgIpc) is 3.59. The van der Waals surface area contributed by atoms with E-state index < -0.39 is 17.1 Å². The molecule has 224 valence electrons. The fourth-order valence-corrected chi connectivity index (χ4v) is 7.92. The molecule has 4 aliphatic carbocycles. The highest BCUT2D eigenvalue weighted by molar-refractivity contribution is 5.97. The molecule has 12 heteroatoms. The largest absolute Gasteiger partial charge is 0.444 e. The number of carbonyl (C=O) groups excluding carboxylic acids is 2. The number of amides is 2. The second-order valence-electron chi connectivity index (χ2n) is 13.8. The lowest BCUT2D eigenvalue weighted by atomic mass is 9.52. The summed E-state index contributed by atoms with van der Waals surface area (Å²) < 4.78 is 11.1. The van der Waals surface area contributed by atoms with Crippen molar-refractivity contribution in [1.82, 2.24) is 30.3 Å². The Labute approximate surface area is 244 Å². The number of aliphatic hydroxyl groups is 1. The van der Waals surface area contributed by atoms with Gasteiger partial charge in [0.1, 0.15) is 11.2 Å². The highest BCUT2D eigenvalue weighted by Crippen LogP contribution is 2.56. The Morgan fingerprint density at radius 1 is 1.17 bits per heavy atom. The molecular weight excluding hydrogens is 538 g/mol. The number of aromatic nitrogens is 4. The molecule has 0 aromatic carbocycles. The molecule has 3 aromatic rings. The molecule has 0 spiro atoms. The summed E-state index contributed by atoms with van der Waals surface area (Å²) in [6.07, 6.45) is 9.30. The second kappa shape index (κ2) is 9.96. The molecule has 42 heavy (non-hydrogen) atoms. The van der Waals surface area contributed by atoms with Crippen LogP contribution in [0.1, 0.15) is 76.3 Å². The zero-order valence-electron chi connectivity index (χ0n) is 24.4. The van der Waals surface area contributed by atoms with Crippen LogP contribution in [0, 0.1) is 17.8 Å². The Morgan fingerprint density at radius 2 is 1.90 bits per heavy atom. The van der Waals surface area contributed by atoms with Gasteiger partial charge in [-0.05, 0) is 89.5 Å². The van der Waals surface area contributed by atoms with Gasteiger partial charge in [-0.25, -0.2) is 9.78 Å². The quantitative estimate of drug-likeness (QED) is 0.350. The number of hydrogen-bond acceptors (Lipinski definition) is 9. The number of hydrogen-bond donors (Lipinski definition) is 4. The first-order valence-corrected chi connectivity index (χ1v) is 15.1. The van der Waals surface area contributed by atoms with Gasteiger partial charge in [0.15, 0.2) is 0 Å². The van der Waals surface area contributed by atoms with Gasteiger partial charge < -0.3 is 34.9 Å². The van der Waals surface area contributed by atoms with E-state index >= 15 is 0 Å². The molecule has 1 aliphatic heterocycles. The van der Waals surface area contributed by atoms with Crippen LogP contribution in [0.2, 0.25) is 0 Å². The van der Waals surface area contributed by atoms with E-state index in [0.717, 1.165) is 48.8 Å². The predicted molar refractivity (Wildman–Crippen MR) is 154 cm³/mol. The third kappa shape index (κ3) is 5.10. The Bertz CT molecular complexity index is 1480. The van der Waals surface area contributed by atoms with Gasteiger partial charge in [-0.3, -0.25) is 4.79 Å². The van der Waals surface area contributed by atoms with Crippen LogP contribution < -0.4 is 10.6 Å². The van der Waals surface area contributed by atoms with E-state index in [0.29, 0.717) is 49.2 Å². The smallest absolute Gasteiger partial charge is 0.410 e. The van der Waals surface area contributed by atoms with Crippen LogP contribution in [0.15, 0.2) is 23.0 Å². The van der Waals surface area contributed by atoms with Crippen LogP contribution in [-0.4, -0.2) is 78.5 Å². The van der Waals surface area contributed by atoms with Crippen molar-refractivity contribution in [2.24, 2.45) is 17.8 Å². The normalized spacial score (nSPS) is 29.2. The molecular formula is C30H39N7O5. The molecule has 4 bridgehead atoms. The van der Waals surface area contributed by atoms with E-state index in [-0.39, 0.29) is 29.9 Å². The number of fused-ring (bicyclic) bond motifs is 1. The molecule has 4 N–H and O–H groups in total. The third-order valence-electron chi connectivity index (χ3n) is 9.48. The first-order valence-electron chi connectivity index (χ1n) is 15.1. The maximum Gasteiger partial charge on any atom is 0.410 e. The average molecular weight is 578 g/mol. The van der Waals surface area contributed by atoms with Crippen molar-refractivity contribution in [1.29, 1.82) is 0 Å². The molecule has 12 nitrogen and oxygen atoms in total. The van der Waals surface area contributed by atoms with Gasteiger partial charge in [0.2, 0.25) is 0 Å². The SMILES string of the molecule is CC(C)(C)OC(=O)N1CCC(NC(=O)c2noc(-c3cnc4[nH]ccc4c3N[C@H]3[C@@H]4CC5C[C@H]3C[C@@](O)(C5)C4)n2)CC1. The lowest BCUT2D eigenvalue weighted by molar-refractivity contribution is -0.129. The molecule has 5 aliphatic rings.